The zero-order valence-electron chi connectivity index (χ0n) is 13.0. The van der Waals surface area contributed by atoms with E-state index < -0.39 is 6.09 Å². The van der Waals surface area contributed by atoms with Crippen LogP contribution in [0.3, 0.4) is 0 Å². The molecule has 2 rings (SSSR count). The van der Waals surface area contributed by atoms with Crippen LogP contribution in [-0.2, 0) is 9.78 Å². The van der Waals surface area contributed by atoms with E-state index >= 15 is 0 Å². The molecule has 0 aliphatic carbocycles. The lowest BCUT2D eigenvalue weighted by atomic mass is 10.1. The molecule has 5 heteroatoms. The number of fused-ring (bicyclic) bond motifs is 1. The van der Waals surface area contributed by atoms with Crippen molar-refractivity contribution >= 4 is 23.3 Å². The molecule has 0 amide bonds. The van der Waals surface area contributed by atoms with Gasteiger partial charge in [-0.25, -0.2) is 9.36 Å². The van der Waals surface area contributed by atoms with Crippen molar-refractivity contribution in [1.29, 1.82) is 0 Å². The highest BCUT2D eigenvalue weighted by atomic mass is 17.2. The maximum Gasteiger partial charge on any atom is 0.450 e. The van der Waals surface area contributed by atoms with Crippen LogP contribution in [0, 0.1) is 6.92 Å². The van der Waals surface area contributed by atoms with Crippen molar-refractivity contribution in [3.63, 3.8) is 0 Å². The van der Waals surface area contributed by atoms with Crippen molar-refractivity contribution < 1.29 is 19.4 Å². The molecular formula is C17H21NO4. The average Bonchev–Trinajstić information content (AvgIpc) is 2.82. The summed E-state index contributed by atoms with van der Waals surface area (Å²) in [5.74, 6) is 0. The number of aldehydes is 1. The van der Waals surface area contributed by atoms with Gasteiger partial charge in [-0.05, 0) is 19.4 Å². The molecule has 0 spiro atoms. The molecule has 0 aliphatic heterocycles. The number of aromatic nitrogens is 1. The van der Waals surface area contributed by atoms with Crippen LogP contribution < -0.4 is 0 Å². The van der Waals surface area contributed by atoms with Crippen LogP contribution in [-0.4, -0.2) is 23.6 Å². The molecule has 0 saturated heterocycles. The van der Waals surface area contributed by atoms with Crippen molar-refractivity contribution in [3.05, 3.63) is 35.5 Å². The maximum absolute atomic E-state index is 12.2. The van der Waals surface area contributed by atoms with Gasteiger partial charge in [-0.3, -0.25) is 9.68 Å². The van der Waals surface area contributed by atoms with Gasteiger partial charge in [-0.15, -0.1) is 0 Å². The number of para-hydroxylation sites is 1. The topological polar surface area (TPSA) is 57.5 Å². The van der Waals surface area contributed by atoms with Gasteiger partial charge in [0.15, 0.2) is 6.29 Å². The molecular weight excluding hydrogens is 282 g/mol. The summed E-state index contributed by atoms with van der Waals surface area (Å²) in [6, 6.07) is 7.22. The van der Waals surface area contributed by atoms with Crippen LogP contribution in [0.25, 0.3) is 10.9 Å². The van der Waals surface area contributed by atoms with Crippen LogP contribution >= 0.6 is 0 Å². The average molecular weight is 303 g/mol. The quantitative estimate of drug-likeness (QED) is 0.332. The summed E-state index contributed by atoms with van der Waals surface area (Å²) in [5, 5.41) is 0.731. The molecule has 0 unspecified atom stereocenters. The van der Waals surface area contributed by atoms with Crippen molar-refractivity contribution in [2.45, 2.75) is 39.5 Å². The molecule has 118 valence electrons. The first-order valence-corrected chi connectivity index (χ1v) is 7.59. The van der Waals surface area contributed by atoms with Gasteiger partial charge in [0.05, 0.1) is 12.1 Å². The molecule has 0 saturated carbocycles. The zero-order valence-corrected chi connectivity index (χ0v) is 13.0. The molecule has 0 bridgehead atoms. The van der Waals surface area contributed by atoms with Gasteiger partial charge in [0.25, 0.3) is 0 Å². The van der Waals surface area contributed by atoms with Gasteiger partial charge in [-0.1, -0.05) is 44.4 Å². The first kappa shape index (κ1) is 16.2. The highest BCUT2D eigenvalue weighted by molar-refractivity contribution is 6.03. The molecule has 5 nitrogen and oxygen atoms in total. The number of hydrogen-bond donors (Lipinski definition) is 0. The van der Waals surface area contributed by atoms with Gasteiger partial charge < -0.3 is 0 Å². The molecule has 0 atom stereocenters. The fourth-order valence-corrected chi connectivity index (χ4v) is 2.49. The molecule has 0 aliphatic rings. The lowest BCUT2D eigenvalue weighted by molar-refractivity contribution is -0.238. The second-order valence-electron chi connectivity index (χ2n) is 5.20. The van der Waals surface area contributed by atoms with E-state index in [0.717, 1.165) is 37.4 Å². The Kier molecular flexibility index (Phi) is 5.72. The summed E-state index contributed by atoms with van der Waals surface area (Å²) >= 11 is 0. The van der Waals surface area contributed by atoms with E-state index in [9.17, 15) is 9.59 Å². The number of carbonyl (C=O) groups excluding carboxylic acids is 2. The molecule has 0 radical (unpaired) electrons. The third-order valence-electron chi connectivity index (χ3n) is 3.67. The molecule has 1 aromatic heterocycles. The Morgan fingerprint density at radius 1 is 1.23 bits per heavy atom. The molecule has 0 fully saturated rings. The lowest BCUT2D eigenvalue weighted by Crippen LogP contribution is -2.16. The van der Waals surface area contributed by atoms with Crippen molar-refractivity contribution in [1.82, 2.24) is 4.57 Å². The van der Waals surface area contributed by atoms with Crippen molar-refractivity contribution in [3.8, 4) is 0 Å². The van der Waals surface area contributed by atoms with E-state index in [-0.39, 0.29) is 0 Å². The van der Waals surface area contributed by atoms with Gasteiger partial charge in [-0.2, -0.15) is 4.89 Å². The van der Waals surface area contributed by atoms with E-state index in [1.54, 1.807) is 19.1 Å². The van der Waals surface area contributed by atoms with E-state index in [0.29, 0.717) is 23.4 Å². The third kappa shape index (κ3) is 3.36. The Morgan fingerprint density at radius 2 is 2.00 bits per heavy atom. The highest BCUT2D eigenvalue weighted by Gasteiger charge is 2.19. The number of rotatable bonds is 7. The number of hydrogen-bond acceptors (Lipinski definition) is 4. The minimum Gasteiger partial charge on any atom is -0.298 e. The van der Waals surface area contributed by atoms with E-state index in [2.05, 4.69) is 6.92 Å². The molecule has 1 aromatic carbocycles. The van der Waals surface area contributed by atoms with E-state index in [4.69, 9.17) is 9.78 Å². The zero-order chi connectivity index (χ0) is 15.9. The fourth-order valence-electron chi connectivity index (χ4n) is 2.49. The number of unbranched alkanes of at least 4 members (excludes halogenated alkanes) is 3. The molecule has 22 heavy (non-hydrogen) atoms. The Labute approximate surface area is 129 Å². The summed E-state index contributed by atoms with van der Waals surface area (Å²) in [5.41, 5.74) is 1.69. The summed E-state index contributed by atoms with van der Waals surface area (Å²) in [7, 11) is 0. The monoisotopic (exact) mass is 303 g/mol. The SMILES string of the molecule is CCCCCCOOC(=O)n1c(C)c(C=O)c2ccccc21. The normalized spacial score (nSPS) is 10.8. The third-order valence-corrected chi connectivity index (χ3v) is 3.67. The van der Waals surface area contributed by atoms with E-state index in [1.165, 1.54) is 4.57 Å². The highest BCUT2D eigenvalue weighted by Crippen LogP contribution is 2.24. The van der Waals surface area contributed by atoms with Crippen molar-refractivity contribution in [2.75, 3.05) is 6.61 Å². The second kappa shape index (κ2) is 7.75. The summed E-state index contributed by atoms with van der Waals surface area (Å²) < 4.78 is 1.37. The van der Waals surface area contributed by atoms with Crippen LogP contribution in [0.4, 0.5) is 4.79 Å². The van der Waals surface area contributed by atoms with E-state index in [1.807, 2.05) is 12.1 Å². The molecule has 1 heterocycles. The number of benzene rings is 1. The first-order chi connectivity index (χ1) is 10.7. The largest absolute Gasteiger partial charge is 0.450 e. The first-order valence-electron chi connectivity index (χ1n) is 7.59. The maximum atomic E-state index is 12.2. The Morgan fingerprint density at radius 3 is 2.73 bits per heavy atom. The summed E-state index contributed by atoms with van der Waals surface area (Å²) in [6.07, 6.45) is 4.32. The molecule has 2 aromatic rings. The number of carbonyl (C=O) groups is 2. The van der Waals surface area contributed by atoms with Crippen LogP contribution in [0.15, 0.2) is 24.3 Å². The Hall–Kier alpha value is -2.14. The number of nitrogens with zero attached hydrogens (tertiary/aromatic N) is 1. The summed E-state index contributed by atoms with van der Waals surface area (Å²) in [4.78, 5) is 33.3. The Balaban J connectivity index is 2.08. The van der Waals surface area contributed by atoms with Gasteiger partial charge >= 0.3 is 6.09 Å². The fraction of sp³-hybridized carbons (Fsp3) is 0.412. The Bertz CT molecular complexity index is 660. The minimum atomic E-state index is -0.628. The lowest BCUT2D eigenvalue weighted by Gasteiger charge is -2.07. The van der Waals surface area contributed by atoms with Gasteiger partial charge in [0, 0.05) is 16.6 Å². The van der Waals surface area contributed by atoms with Crippen LogP contribution in [0.2, 0.25) is 0 Å². The van der Waals surface area contributed by atoms with Crippen LogP contribution in [0.1, 0.15) is 48.7 Å². The summed E-state index contributed by atoms with van der Waals surface area (Å²) in [6.45, 7) is 4.22. The standard InChI is InChI=1S/C17H21NO4/c1-3-4-5-8-11-21-22-17(20)18-13(2)15(12-19)14-9-6-7-10-16(14)18/h6-7,9-10,12H,3-5,8,11H2,1-2H3. The smallest absolute Gasteiger partial charge is 0.298 e. The predicted molar refractivity (Wildman–Crippen MR) is 84.0 cm³/mol. The van der Waals surface area contributed by atoms with Crippen molar-refractivity contribution in [2.24, 2.45) is 0 Å². The second-order valence-corrected chi connectivity index (χ2v) is 5.20. The van der Waals surface area contributed by atoms with Gasteiger partial charge in [0.2, 0.25) is 0 Å². The van der Waals surface area contributed by atoms with Gasteiger partial charge in [0.1, 0.15) is 0 Å². The predicted octanol–water partition coefficient (Wildman–Crippen LogP) is 4.26. The minimum absolute atomic E-state index is 0.379. The van der Waals surface area contributed by atoms with Crippen LogP contribution in [0.5, 0.6) is 0 Å². The molecule has 0 N–H and O–H groups in total.